The number of rotatable bonds is 4. The van der Waals surface area contributed by atoms with Crippen LogP contribution in [0.25, 0.3) is 10.9 Å². The van der Waals surface area contributed by atoms with Gasteiger partial charge in [-0.05, 0) is 42.5 Å². The molecular weight excluding hydrogens is 302 g/mol. The molecule has 2 aromatic carbocycles. The molecular formula is C20H17NO3. The molecule has 24 heavy (non-hydrogen) atoms. The minimum atomic E-state index is -0.484. The summed E-state index contributed by atoms with van der Waals surface area (Å²) in [6.07, 6.45) is 4.86. The van der Waals surface area contributed by atoms with Crippen molar-refractivity contribution in [1.29, 1.82) is 0 Å². The van der Waals surface area contributed by atoms with E-state index in [1.54, 1.807) is 6.20 Å². The Balaban J connectivity index is 1.46. The lowest BCUT2D eigenvalue weighted by Gasteiger charge is -2.06. The van der Waals surface area contributed by atoms with E-state index in [0.29, 0.717) is 11.1 Å². The predicted molar refractivity (Wildman–Crippen MR) is 91.4 cm³/mol. The molecule has 0 unspecified atom stereocenters. The fourth-order valence-corrected chi connectivity index (χ4v) is 3.28. The van der Waals surface area contributed by atoms with Gasteiger partial charge in [-0.2, -0.15) is 0 Å². The summed E-state index contributed by atoms with van der Waals surface area (Å²) < 4.78 is 5.22. The van der Waals surface area contributed by atoms with Crippen LogP contribution in [0.2, 0.25) is 0 Å². The number of aromatic nitrogens is 1. The van der Waals surface area contributed by atoms with E-state index in [2.05, 4.69) is 4.98 Å². The van der Waals surface area contributed by atoms with Gasteiger partial charge in [-0.1, -0.05) is 30.3 Å². The Morgan fingerprint density at radius 2 is 1.88 bits per heavy atom. The first-order valence-electron chi connectivity index (χ1n) is 8.10. The van der Waals surface area contributed by atoms with Crippen molar-refractivity contribution in [2.24, 2.45) is 0 Å². The molecule has 4 nitrogen and oxygen atoms in total. The first kappa shape index (κ1) is 14.7. The fraction of sp³-hybridized carbons (Fsp3) is 0.200. The molecule has 4 rings (SSSR count). The summed E-state index contributed by atoms with van der Waals surface area (Å²) in [5.41, 5.74) is 4.50. The van der Waals surface area contributed by atoms with E-state index in [1.165, 1.54) is 11.1 Å². The molecule has 1 N–H and O–H groups in total. The Morgan fingerprint density at radius 1 is 1.04 bits per heavy atom. The second kappa shape index (κ2) is 5.96. The molecule has 0 bridgehead atoms. The van der Waals surface area contributed by atoms with E-state index in [0.717, 1.165) is 30.2 Å². The average Bonchev–Trinajstić information content (AvgIpc) is 3.25. The zero-order valence-corrected chi connectivity index (χ0v) is 13.2. The monoisotopic (exact) mass is 319 g/mol. The number of fused-ring (bicyclic) bond motifs is 2. The van der Waals surface area contributed by atoms with Crippen molar-refractivity contribution in [3.05, 3.63) is 70.9 Å². The molecule has 0 aliphatic heterocycles. The Labute approximate surface area is 139 Å². The SMILES string of the molecule is O=C(COC(=O)c1c[nH]c2ccccc12)c1ccc2c(c1)CCC2. The van der Waals surface area contributed by atoms with Crippen LogP contribution in [0.1, 0.15) is 38.3 Å². The molecule has 0 radical (unpaired) electrons. The molecule has 3 aromatic rings. The average molecular weight is 319 g/mol. The maximum absolute atomic E-state index is 12.3. The highest BCUT2D eigenvalue weighted by atomic mass is 16.5. The summed E-state index contributed by atoms with van der Waals surface area (Å²) >= 11 is 0. The minimum Gasteiger partial charge on any atom is -0.454 e. The maximum Gasteiger partial charge on any atom is 0.340 e. The number of aryl methyl sites for hydroxylation is 2. The Bertz CT molecular complexity index is 939. The lowest BCUT2D eigenvalue weighted by atomic mass is 10.0. The second-order valence-corrected chi connectivity index (χ2v) is 6.08. The topological polar surface area (TPSA) is 59.2 Å². The number of carbonyl (C=O) groups is 2. The summed E-state index contributed by atoms with van der Waals surface area (Å²) in [5.74, 6) is -0.653. The minimum absolute atomic E-state index is 0.169. The van der Waals surface area contributed by atoms with Crippen molar-refractivity contribution in [2.75, 3.05) is 6.61 Å². The molecule has 120 valence electrons. The largest absolute Gasteiger partial charge is 0.454 e. The number of esters is 1. The summed E-state index contributed by atoms with van der Waals surface area (Å²) in [5, 5.41) is 0.799. The number of ether oxygens (including phenoxy) is 1. The number of nitrogens with one attached hydrogen (secondary N) is 1. The zero-order chi connectivity index (χ0) is 16.5. The molecule has 1 aliphatic rings. The van der Waals surface area contributed by atoms with Gasteiger partial charge in [0, 0.05) is 22.7 Å². The van der Waals surface area contributed by atoms with Gasteiger partial charge in [-0.25, -0.2) is 4.79 Å². The van der Waals surface area contributed by atoms with E-state index in [9.17, 15) is 9.59 Å². The molecule has 0 saturated heterocycles. The quantitative estimate of drug-likeness (QED) is 0.589. The number of hydrogen-bond acceptors (Lipinski definition) is 3. The Morgan fingerprint density at radius 3 is 2.79 bits per heavy atom. The van der Waals surface area contributed by atoms with Crippen molar-refractivity contribution < 1.29 is 14.3 Å². The molecule has 1 aliphatic carbocycles. The Hall–Kier alpha value is -2.88. The molecule has 1 aromatic heterocycles. The van der Waals surface area contributed by atoms with Gasteiger partial charge in [-0.3, -0.25) is 4.79 Å². The number of carbonyl (C=O) groups excluding carboxylic acids is 2. The van der Waals surface area contributed by atoms with Crippen LogP contribution in [0.3, 0.4) is 0 Å². The predicted octanol–water partition coefficient (Wildman–Crippen LogP) is 3.70. The summed E-state index contributed by atoms with van der Waals surface area (Å²) in [4.78, 5) is 27.6. The van der Waals surface area contributed by atoms with Crippen LogP contribution in [-0.2, 0) is 17.6 Å². The van der Waals surface area contributed by atoms with E-state index in [4.69, 9.17) is 4.74 Å². The molecule has 4 heteroatoms. The molecule has 0 atom stereocenters. The van der Waals surface area contributed by atoms with Crippen LogP contribution in [0.5, 0.6) is 0 Å². The zero-order valence-electron chi connectivity index (χ0n) is 13.2. The van der Waals surface area contributed by atoms with Gasteiger partial charge < -0.3 is 9.72 Å². The van der Waals surface area contributed by atoms with E-state index in [-0.39, 0.29) is 12.4 Å². The lowest BCUT2D eigenvalue weighted by molar-refractivity contribution is 0.0476. The molecule has 0 spiro atoms. The van der Waals surface area contributed by atoms with Gasteiger partial charge in [0.25, 0.3) is 0 Å². The highest BCUT2D eigenvalue weighted by Gasteiger charge is 2.17. The third kappa shape index (κ3) is 2.60. The van der Waals surface area contributed by atoms with Gasteiger partial charge in [0.05, 0.1) is 5.56 Å². The summed E-state index contributed by atoms with van der Waals surface area (Å²) in [6, 6.07) is 13.3. The van der Waals surface area contributed by atoms with Crippen LogP contribution in [0.15, 0.2) is 48.7 Å². The Kier molecular flexibility index (Phi) is 3.65. The van der Waals surface area contributed by atoms with Crippen molar-refractivity contribution in [2.45, 2.75) is 19.3 Å². The summed E-state index contributed by atoms with van der Waals surface area (Å²) in [7, 11) is 0. The van der Waals surface area contributed by atoms with Gasteiger partial charge in [-0.15, -0.1) is 0 Å². The van der Waals surface area contributed by atoms with E-state index in [1.807, 2.05) is 42.5 Å². The van der Waals surface area contributed by atoms with Crippen LogP contribution in [0, 0.1) is 0 Å². The number of Topliss-reactive ketones (excluding diaryl/α,β-unsaturated/α-hetero) is 1. The van der Waals surface area contributed by atoms with Gasteiger partial charge in [0.1, 0.15) is 0 Å². The first-order chi connectivity index (χ1) is 11.7. The van der Waals surface area contributed by atoms with Crippen molar-refractivity contribution in [3.63, 3.8) is 0 Å². The maximum atomic E-state index is 12.3. The smallest absolute Gasteiger partial charge is 0.340 e. The van der Waals surface area contributed by atoms with E-state index < -0.39 is 5.97 Å². The highest BCUT2D eigenvalue weighted by molar-refractivity contribution is 6.05. The van der Waals surface area contributed by atoms with Gasteiger partial charge in [0.15, 0.2) is 12.4 Å². The van der Waals surface area contributed by atoms with E-state index >= 15 is 0 Å². The number of ketones is 1. The van der Waals surface area contributed by atoms with Crippen molar-refractivity contribution in [1.82, 2.24) is 4.98 Å². The van der Waals surface area contributed by atoms with Crippen LogP contribution in [0.4, 0.5) is 0 Å². The fourth-order valence-electron chi connectivity index (χ4n) is 3.28. The summed E-state index contributed by atoms with van der Waals surface area (Å²) in [6.45, 7) is -0.239. The van der Waals surface area contributed by atoms with Gasteiger partial charge in [0.2, 0.25) is 0 Å². The first-order valence-corrected chi connectivity index (χ1v) is 8.10. The third-order valence-electron chi connectivity index (χ3n) is 4.56. The molecule has 1 heterocycles. The standard InChI is InChI=1S/C20H17NO3/c22-19(15-9-8-13-4-3-5-14(13)10-15)12-24-20(23)17-11-21-18-7-2-1-6-16(17)18/h1-2,6-11,21H,3-5,12H2. The van der Waals surface area contributed by atoms with Gasteiger partial charge >= 0.3 is 5.97 Å². The van der Waals surface area contributed by atoms with Crippen LogP contribution < -0.4 is 0 Å². The van der Waals surface area contributed by atoms with Crippen LogP contribution in [-0.4, -0.2) is 23.3 Å². The lowest BCUT2D eigenvalue weighted by Crippen LogP contribution is -2.14. The highest BCUT2D eigenvalue weighted by Crippen LogP contribution is 2.23. The molecule has 0 fully saturated rings. The number of para-hydroxylation sites is 1. The number of aromatic amines is 1. The normalized spacial score (nSPS) is 13.0. The number of benzene rings is 2. The number of hydrogen-bond donors (Lipinski definition) is 1. The number of H-pyrrole nitrogens is 1. The van der Waals surface area contributed by atoms with Crippen LogP contribution >= 0.6 is 0 Å². The van der Waals surface area contributed by atoms with Crippen molar-refractivity contribution in [3.8, 4) is 0 Å². The molecule has 0 saturated carbocycles. The van der Waals surface area contributed by atoms with Crippen molar-refractivity contribution >= 4 is 22.7 Å². The second-order valence-electron chi connectivity index (χ2n) is 6.08. The molecule has 0 amide bonds. The third-order valence-corrected chi connectivity index (χ3v) is 4.56.